The molecule has 0 unspecified atom stereocenters. The van der Waals surface area contributed by atoms with Crippen LogP contribution in [0.1, 0.15) is 0 Å². The second kappa shape index (κ2) is 5.98. The Morgan fingerprint density at radius 1 is 1.10 bits per heavy atom. The SMILES string of the molecule is Nc1cc(Cl)cc(Cl)c1NC(=O)Nc1ccc(F)cc1. The molecule has 0 spiro atoms. The molecule has 0 radical (unpaired) electrons. The summed E-state index contributed by atoms with van der Waals surface area (Å²) in [6, 6.07) is 7.73. The molecule has 2 aromatic carbocycles. The lowest BCUT2D eigenvalue weighted by atomic mass is 10.2. The number of hydrogen-bond acceptors (Lipinski definition) is 2. The predicted molar refractivity (Wildman–Crippen MR) is 79.9 cm³/mol. The van der Waals surface area contributed by atoms with Gasteiger partial charge in [-0.2, -0.15) is 0 Å². The molecule has 2 amide bonds. The van der Waals surface area contributed by atoms with E-state index in [4.69, 9.17) is 28.9 Å². The molecule has 0 bridgehead atoms. The second-order valence-electron chi connectivity index (χ2n) is 3.94. The van der Waals surface area contributed by atoms with Crippen LogP contribution in [-0.2, 0) is 0 Å². The van der Waals surface area contributed by atoms with Crippen LogP contribution in [0.3, 0.4) is 0 Å². The highest BCUT2D eigenvalue weighted by atomic mass is 35.5. The topological polar surface area (TPSA) is 67.1 Å². The molecular formula is C13H10Cl2FN3O. The fourth-order valence-electron chi connectivity index (χ4n) is 1.53. The van der Waals surface area contributed by atoms with Gasteiger partial charge in [0.25, 0.3) is 0 Å². The summed E-state index contributed by atoms with van der Waals surface area (Å²) in [7, 11) is 0. The van der Waals surface area contributed by atoms with Crippen molar-refractivity contribution in [2.75, 3.05) is 16.4 Å². The van der Waals surface area contributed by atoms with Gasteiger partial charge >= 0.3 is 6.03 Å². The summed E-state index contributed by atoms with van der Waals surface area (Å²) in [5.74, 6) is -0.388. The van der Waals surface area contributed by atoms with Gasteiger partial charge in [-0.1, -0.05) is 23.2 Å². The van der Waals surface area contributed by atoms with E-state index in [0.29, 0.717) is 10.7 Å². The smallest absolute Gasteiger partial charge is 0.323 e. The standard InChI is InChI=1S/C13H10Cl2FN3O/c14-7-5-10(15)12(11(17)6-7)19-13(20)18-9-3-1-8(16)2-4-9/h1-6H,17H2,(H2,18,19,20). The van der Waals surface area contributed by atoms with Crippen LogP contribution in [0.25, 0.3) is 0 Å². The zero-order chi connectivity index (χ0) is 14.7. The fraction of sp³-hybridized carbons (Fsp3) is 0. The Bertz CT molecular complexity index is 624. The molecule has 0 aromatic heterocycles. The van der Waals surface area contributed by atoms with Crippen LogP contribution in [0, 0.1) is 5.82 Å². The third-order valence-corrected chi connectivity index (χ3v) is 2.94. The minimum atomic E-state index is -0.549. The molecule has 0 aliphatic carbocycles. The molecule has 2 aromatic rings. The van der Waals surface area contributed by atoms with Gasteiger partial charge < -0.3 is 16.4 Å². The van der Waals surface area contributed by atoms with Gasteiger partial charge in [-0.3, -0.25) is 0 Å². The molecule has 0 atom stereocenters. The van der Waals surface area contributed by atoms with Crippen molar-refractivity contribution >= 4 is 46.3 Å². The first-order valence-corrected chi connectivity index (χ1v) is 6.29. The van der Waals surface area contributed by atoms with Crippen LogP contribution in [0.5, 0.6) is 0 Å². The maximum absolute atomic E-state index is 12.7. The number of nitrogen functional groups attached to an aromatic ring is 1. The molecule has 0 fully saturated rings. The first-order chi connectivity index (χ1) is 9.45. The van der Waals surface area contributed by atoms with Crippen LogP contribution < -0.4 is 16.4 Å². The van der Waals surface area contributed by atoms with E-state index in [2.05, 4.69) is 10.6 Å². The fourth-order valence-corrected chi connectivity index (χ4v) is 2.09. The summed E-state index contributed by atoms with van der Waals surface area (Å²) in [6.07, 6.45) is 0. The third-order valence-electron chi connectivity index (χ3n) is 2.43. The maximum atomic E-state index is 12.7. The van der Waals surface area contributed by atoms with Crippen molar-refractivity contribution in [3.63, 3.8) is 0 Å². The highest BCUT2D eigenvalue weighted by Crippen LogP contribution is 2.32. The van der Waals surface area contributed by atoms with Crippen LogP contribution in [0.4, 0.5) is 26.2 Å². The molecule has 104 valence electrons. The minimum absolute atomic E-state index is 0.226. The zero-order valence-corrected chi connectivity index (χ0v) is 11.6. The number of anilines is 3. The summed E-state index contributed by atoms with van der Waals surface area (Å²) in [4.78, 5) is 11.8. The number of hydrogen-bond donors (Lipinski definition) is 3. The third kappa shape index (κ3) is 3.53. The summed E-state index contributed by atoms with van der Waals surface area (Å²) < 4.78 is 12.7. The minimum Gasteiger partial charge on any atom is -0.397 e. The summed E-state index contributed by atoms with van der Waals surface area (Å²) >= 11 is 11.7. The van der Waals surface area contributed by atoms with E-state index in [1.54, 1.807) is 0 Å². The van der Waals surface area contributed by atoms with Crippen molar-refractivity contribution in [1.29, 1.82) is 0 Å². The lowest BCUT2D eigenvalue weighted by molar-refractivity contribution is 0.262. The lowest BCUT2D eigenvalue weighted by Gasteiger charge is -2.11. The van der Waals surface area contributed by atoms with Gasteiger partial charge in [-0.15, -0.1) is 0 Å². The van der Waals surface area contributed by atoms with Crippen molar-refractivity contribution in [1.82, 2.24) is 0 Å². The monoisotopic (exact) mass is 313 g/mol. The number of nitrogens with two attached hydrogens (primary N) is 1. The number of urea groups is 1. The van der Waals surface area contributed by atoms with Gasteiger partial charge in [0.15, 0.2) is 0 Å². The Balaban J connectivity index is 2.10. The number of amides is 2. The molecule has 20 heavy (non-hydrogen) atoms. The van der Waals surface area contributed by atoms with Gasteiger partial charge in [0, 0.05) is 10.7 Å². The van der Waals surface area contributed by atoms with Gasteiger partial charge in [0.2, 0.25) is 0 Å². The van der Waals surface area contributed by atoms with E-state index in [9.17, 15) is 9.18 Å². The Kier molecular flexibility index (Phi) is 4.32. The van der Waals surface area contributed by atoms with Crippen LogP contribution in [0.2, 0.25) is 10.0 Å². The van der Waals surface area contributed by atoms with Gasteiger partial charge in [0.05, 0.1) is 16.4 Å². The van der Waals surface area contributed by atoms with Crippen molar-refractivity contribution in [2.45, 2.75) is 0 Å². The van der Waals surface area contributed by atoms with Crippen molar-refractivity contribution in [2.24, 2.45) is 0 Å². The quantitative estimate of drug-likeness (QED) is 0.721. The largest absolute Gasteiger partial charge is 0.397 e. The van der Waals surface area contributed by atoms with Crippen molar-refractivity contribution < 1.29 is 9.18 Å². The van der Waals surface area contributed by atoms with Gasteiger partial charge in [0.1, 0.15) is 5.82 Å². The molecule has 0 saturated heterocycles. The number of nitrogens with one attached hydrogen (secondary N) is 2. The number of rotatable bonds is 2. The van der Waals surface area contributed by atoms with E-state index in [0.717, 1.165) is 0 Å². The highest BCUT2D eigenvalue weighted by Gasteiger charge is 2.10. The molecule has 7 heteroatoms. The van der Waals surface area contributed by atoms with E-state index in [1.165, 1.54) is 36.4 Å². The molecule has 0 aliphatic heterocycles. The van der Waals surface area contributed by atoms with Gasteiger partial charge in [-0.05, 0) is 36.4 Å². The molecular weight excluding hydrogens is 304 g/mol. The molecule has 4 N–H and O–H groups in total. The summed E-state index contributed by atoms with van der Waals surface area (Å²) in [6.45, 7) is 0. The average molecular weight is 314 g/mol. The van der Waals surface area contributed by atoms with Crippen molar-refractivity contribution in [3.8, 4) is 0 Å². The number of benzene rings is 2. The van der Waals surface area contributed by atoms with Crippen molar-refractivity contribution in [3.05, 3.63) is 52.3 Å². The Morgan fingerprint density at radius 2 is 1.75 bits per heavy atom. The summed E-state index contributed by atoms with van der Waals surface area (Å²) in [5, 5.41) is 5.63. The van der Waals surface area contributed by atoms with Crippen LogP contribution >= 0.6 is 23.2 Å². The van der Waals surface area contributed by atoms with Crippen LogP contribution in [0.15, 0.2) is 36.4 Å². The second-order valence-corrected chi connectivity index (χ2v) is 4.78. The lowest BCUT2D eigenvalue weighted by Crippen LogP contribution is -2.20. The number of carbonyl (C=O) groups excluding carboxylic acids is 1. The molecule has 4 nitrogen and oxygen atoms in total. The molecule has 2 rings (SSSR count). The van der Waals surface area contributed by atoms with E-state index in [1.807, 2.05) is 0 Å². The van der Waals surface area contributed by atoms with E-state index < -0.39 is 6.03 Å². The zero-order valence-electron chi connectivity index (χ0n) is 10.1. The average Bonchev–Trinajstić information content (AvgIpc) is 2.36. The van der Waals surface area contributed by atoms with Crippen LogP contribution in [-0.4, -0.2) is 6.03 Å². The predicted octanol–water partition coefficient (Wildman–Crippen LogP) is 4.36. The summed E-state index contributed by atoms with van der Waals surface area (Å²) in [5.41, 5.74) is 6.67. The number of carbonyl (C=O) groups is 1. The van der Waals surface area contributed by atoms with Gasteiger partial charge in [-0.25, -0.2) is 9.18 Å². The normalized spacial score (nSPS) is 10.2. The van der Waals surface area contributed by atoms with E-state index in [-0.39, 0.29) is 22.2 Å². The first-order valence-electron chi connectivity index (χ1n) is 5.54. The Labute approximate surface area is 124 Å². The Hall–Kier alpha value is -1.98. The van der Waals surface area contributed by atoms with E-state index >= 15 is 0 Å². The molecule has 0 heterocycles. The Morgan fingerprint density at radius 3 is 2.35 bits per heavy atom. The molecule has 0 saturated carbocycles. The number of halogens is 3. The first kappa shape index (κ1) is 14.4. The maximum Gasteiger partial charge on any atom is 0.323 e. The molecule has 0 aliphatic rings. The highest BCUT2D eigenvalue weighted by molar-refractivity contribution is 6.37.